The van der Waals surface area contributed by atoms with Crippen LogP contribution in [0.5, 0.6) is 0 Å². The van der Waals surface area contributed by atoms with Gasteiger partial charge in [-0.1, -0.05) is 12.1 Å². The second-order valence-electron chi connectivity index (χ2n) is 10.2. The second kappa shape index (κ2) is 10.6. The van der Waals surface area contributed by atoms with E-state index >= 15 is 0 Å². The molecule has 1 aliphatic heterocycles. The Bertz CT molecular complexity index is 1180. The molecule has 1 atom stereocenters. The maximum atomic E-state index is 5.52. The number of fused-ring (bicyclic) bond motifs is 4. The molecule has 1 saturated heterocycles. The first kappa shape index (κ1) is 22.9. The van der Waals surface area contributed by atoms with Crippen LogP contribution in [-0.4, -0.2) is 64.1 Å². The molecule has 3 aliphatic rings. The van der Waals surface area contributed by atoms with Gasteiger partial charge >= 0.3 is 0 Å². The fourth-order valence-electron chi connectivity index (χ4n) is 6.16. The summed E-state index contributed by atoms with van der Waals surface area (Å²) >= 11 is 0. The summed E-state index contributed by atoms with van der Waals surface area (Å²) in [6, 6.07) is 6.92. The predicted molar refractivity (Wildman–Crippen MR) is 140 cm³/mol. The number of rotatable bonds is 8. The Morgan fingerprint density at radius 1 is 1.09 bits per heavy atom. The molecule has 0 amide bonds. The highest BCUT2D eigenvalue weighted by Gasteiger charge is 2.28. The summed E-state index contributed by atoms with van der Waals surface area (Å²) in [5.41, 5.74) is 7.82. The highest BCUT2D eigenvalue weighted by atomic mass is 16.5. The molecule has 3 aromatic heterocycles. The summed E-state index contributed by atoms with van der Waals surface area (Å²) in [7, 11) is 0. The quantitative estimate of drug-likeness (QED) is 0.473. The molecule has 1 unspecified atom stereocenters. The maximum Gasteiger partial charge on any atom is 0.0784 e. The van der Waals surface area contributed by atoms with Crippen LogP contribution in [0, 0.1) is 0 Å². The third-order valence-corrected chi connectivity index (χ3v) is 8.02. The minimum Gasteiger partial charge on any atom is -0.379 e. The average Bonchev–Trinajstić information content (AvgIpc) is 3.30. The van der Waals surface area contributed by atoms with Crippen LogP contribution in [0.25, 0.3) is 17.0 Å². The van der Waals surface area contributed by atoms with Gasteiger partial charge in [-0.05, 0) is 87.4 Å². The lowest BCUT2D eigenvalue weighted by atomic mass is 9.90. The van der Waals surface area contributed by atoms with E-state index in [0.717, 1.165) is 58.7 Å². The van der Waals surface area contributed by atoms with Crippen molar-refractivity contribution in [3.8, 4) is 0 Å². The number of H-pyrrole nitrogens is 1. The lowest BCUT2D eigenvalue weighted by molar-refractivity contribution is 0.0365. The Morgan fingerprint density at radius 2 is 2.03 bits per heavy atom. The first-order valence-electron chi connectivity index (χ1n) is 13.5. The SMILES string of the molecule is C1=Cc2[nH]c3c(CN(CCCCN4CCOCC4)C4CCCc5cccnc54)nccc3c2CC1. The molecule has 1 N–H and O–H groups in total. The molecule has 35 heavy (non-hydrogen) atoms. The molecule has 6 heteroatoms. The number of aryl methyl sites for hydroxylation is 2. The number of hydrogen-bond acceptors (Lipinski definition) is 5. The number of hydrogen-bond donors (Lipinski definition) is 1. The van der Waals surface area contributed by atoms with Gasteiger partial charge in [0.15, 0.2) is 0 Å². The van der Waals surface area contributed by atoms with Crippen molar-refractivity contribution in [2.24, 2.45) is 0 Å². The fraction of sp³-hybridized carbons (Fsp3) is 0.517. The molecular formula is C29H37N5O. The Hall–Kier alpha value is -2.54. The van der Waals surface area contributed by atoms with Crippen LogP contribution in [0.2, 0.25) is 0 Å². The van der Waals surface area contributed by atoms with Gasteiger partial charge in [0.2, 0.25) is 0 Å². The van der Waals surface area contributed by atoms with Crippen LogP contribution < -0.4 is 0 Å². The molecule has 6 rings (SSSR count). The molecule has 0 bridgehead atoms. The molecule has 0 radical (unpaired) electrons. The van der Waals surface area contributed by atoms with E-state index in [1.54, 1.807) is 0 Å². The topological polar surface area (TPSA) is 57.3 Å². The van der Waals surface area contributed by atoms with Gasteiger partial charge in [-0.2, -0.15) is 0 Å². The number of allylic oxidation sites excluding steroid dienone is 1. The van der Waals surface area contributed by atoms with Crippen LogP contribution in [-0.2, 0) is 24.1 Å². The van der Waals surface area contributed by atoms with Gasteiger partial charge in [0.1, 0.15) is 0 Å². The molecule has 0 saturated carbocycles. The number of aromatic nitrogens is 3. The van der Waals surface area contributed by atoms with Crippen LogP contribution >= 0.6 is 0 Å². The Kier molecular flexibility index (Phi) is 6.94. The molecule has 3 aromatic rings. The van der Waals surface area contributed by atoms with Gasteiger partial charge in [0, 0.05) is 43.1 Å². The summed E-state index contributed by atoms with van der Waals surface area (Å²) in [6.45, 7) is 6.99. The van der Waals surface area contributed by atoms with E-state index in [9.17, 15) is 0 Å². The minimum atomic E-state index is 0.366. The monoisotopic (exact) mass is 471 g/mol. The third-order valence-electron chi connectivity index (χ3n) is 8.02. The van der Waals surface area contributed by atoms with E-state index in [2.05, 4.69) is 45.1 Å². The van der Waals surface area contributed by atoms with Crippen molar-refractivity contribution in [2.75, 3.05) is 39.4 Å². The highest BCUT2D eigenvalue weighted by Crippen LogP contribution is 2.35. The first-order chi connectivity index (χ1) is 17.4. The van der Waals surface area contributed by atoms with Crippen molar-refractivity contribution >= 4 is 17.0 Å². The number of ether oxygens (including phenoxy) is 1. The standard InChI is InChI=1S/C29H37N5O/c1-2-10-25-23(9-1)24-12-14-30-26(29(24)32-25)21-34(16-4-3-15-33-17-19-35-20-18-33)27-11-5-7-22-8-6-13-31-28(22)27/h2,6,8,10,12-14,27,32H,1,3-5,7,9,11,15-21H2. The summed E-state index contributed by atoms with van der Waals surface area (Å²) in [6.07, 6.45) is 16.7. The van der Waals surface area contributed by atoms with E-state index < -0.39 is 0 Å². The third kappa shape index (κ3) is 4.92. The molecule has 184 valence electrons. The first-order valence-corrected chi connectivity index (χ1v) is 13.5. The lowest BCUT2D eigenvalue weighted by Crippen LogP contribution is -2.37. The molecular weight excluding hydrogens is 434 g/mol. The zero-order valence-electron chi connectivity index (χ0n) is 20.7. The smallest absolute Gasteiger partial charge is 0.0784 e. The van der Waals surface area contributed by atoms with E-state index in [4.69, 9.17) is 14.7 Å². The van der Waals surface area contributed by atoms with Crippen LogP contribution in [0.3, 0.4) is 0 Å². The normalized spacial score (nSPS) is 20.3. The Labute approximate surface area is 208 Å². The van der Waals surface area contributed by atoms with Gasteiger partial charge in [-0.3, -0.25) is 19.8 Å². The molecule has 0 aromatic carbocycles. The number of unbranched alkanes of at least 4 members (excludes halogenated alkanes) is 1. The van der Waals surface area contributed by atoms with E-state index in [1.165, 1.54) is 71.3 Å². The van der Waals surface area contributed by atoms with Gasteiger partial charge in [-0.15, -0.1) is 0 Å². The molecule has 6 nitrogen and oxygen atoms in total. The van der Waals surface area contributed by atoms with Gasteiger partial charge in [0.25, 0.3) is 0 Å². The number of aromatic amines is 1. The van der Waals surface area contributed by atoms with Crippen LogP contribution in [0.1, 0.15) is 66.4 Å². The second-order valence-corrected chi connectivity index (χ2v) is 10.2. The van der Waals surface area contributed by atoms with Crippen LogP contribution in [0.15, 0.2) is 36.7 Å². The predicted octanol–water partition coefficient (Wildman–Crippen LogP) is 4.91. The number of morpholine rings is 1. The number of nitrogens with zero attached hydrogens (tertiary/aromatic N) is 4. The van der Waals surface area contributed by atoms with E-state index in [0.29, 0.717) is 6.04 Å². The van der Waals surface area contributed by atoms with Gasteiger partial charge in [-0.25, -0.2) is 0 Å². The van der Waals surface area contributed by atoms with E-state index in [1.807, 2.05) is 12.4 Å². The summed E-state index contributed by atoms with van der Waals surface area (Å²) in [5, 5.41) is 1.35. The summed E-state index contributed by atoms with van der Waals surface area (Å²) in [5.74, 6) is 0. The largest absolute Gasteiger partial charge is 0.379 e. The Balaban J connectivity index is 1.24. The van der Waals surface area contributed by atoms with Gasteiger partial charge < -0.3 is 9.72 Å². The zero-order chi connectivity index (χ0) is 23.5. The molecule has 0 spiro atoms. The van der Waals surface area contributed by atoms with Crippen molar-refractivity contribution in [3.63, 3.8) is 0 Å². The van der Waals surface area contributed by atoms with Crippen molar-refractivity contribution in [1.29, 1.82) is 0 Å². The Morgan fingerprint density at radius 3 is 2.97 bits per heavy atom. The zero-order valence-corrected chi connectivity index (χ0v) is 20.7. The van der Waals surface area contributed by atoms with Crippen molar-refractivity contribution in [2.45, 2.75) is 57.5 Å². The van der Waals surface area contributed by atoms with Crippen molar-refractivity contribution < 1.29 is 4.74 Å². The average molecular weight is 472 g/mol. The minimum absolute atomic E-state index is 0.366. The summed E-state index contributed by atoms with van der Waals surface area (Å²) in [4.78, 5) is 18.7. The number of pyridine rings is 2. The fourth-order valence-corrected chi connectivity index (χ4v) is 6.16. The molecule has 1 fully saturated rings. The maximum absolute atomic E-state index is 5.52. The van der Waals surface area contributed by atoms with Crippen molar-refractivity contribution in [1.82, 2.24) is 24.8 Å². The summed E-state index contributed by atoms with van der Waals surface area (Å²) < 4.78 is 5.52. The molecule has 4 heterocycles. The molecule has 2 aliphatic carbocycles. The highest BCUT2D eigenvalue weighted by molar-refractivity contribution is 5.89. The van der Waals surface area contributed by atoms with Crippen molar-refractivity contribution in [3.05, 3.63) is 64.9 Å². The van der Waals surface area contributed by atoms with Crippen LogP contribution in [0.4, 0.5) is 0 Å². The number of nitrogens with one attached hydrogen (secondary N) is 1. The lowest BCUT2D eigenvalue weighted by Gasteiger charge is -2.35. The van der Waals surface area contributed by atoms with E-state index in [-0.39, 0.29) is 0 Å². The van der Waals surface area contributed by atoms with Gasteiger partial charge in [0.05, 0.1) is 36.2 Å².